The van der Waals surface area contributed by atoms with E-state index in [0.717, 1.165) is 10.0 Å². The van der Waals surface area contributed by atoms with E-state index in [-0.39, 0.29) is 16.8 Å². The minimum atomic E-state index is -3.58. The molecule has 0 spiro atoms. The molecule has 1 N–H and O–H groups in total. The van der Waals surface area contributed by atoms with Crippen molar-refractivity contribution in [2.75, 3.05) is 5.88 Å². The summed E-state index contributed by atoms with van der Waals surface area (Å²) in [7, 11) is -3.58. The predicted octanol–water partition coefficient (Wildman–Crippen LogP) is 3.58. The first-order valence-corrected chi connectivity index (χ1v) is 9.20. The summed E-state index contributed by atoms with van der Waals surface area (Å²) in [5.41, 5.74) is 1.04. The summed E-state index contributed by atoms with van der Waals surface area (Å²) in [6.07, 6.45) is 0.553. The summed E-state index contributed by atoms with van der Waals surface area (Å²) in [4.78, 5) is 0.222. The first-order valence-electron chi connectivity index (χ1n) is 6.39. The fourth-order valence-electron chi connectivity index (χ4n) is 1.95. The smallest absolute Gasteiger partial charge is 0.207 e. The molecule has 2 aromatic rings. The van der Waals surface area contributed by atoms with Crippen LogP contribution >= 0.6 is 27.5 Å². The van der Waals surface area contributed by atoms with Gasteiger partial charge in [-0.2, -0.15) is 0 Å². The Kier molecular flexibility index (Phi) is 5.81. The molecule has 2 rings (SSSR count). The molecule has 1 atom stereocenters. The minimum absolute atomic E-state index is 0.210. The maximum atomic E-state index is 12.4. The topological polar surface area (TPSA) is 46.2 Å². The van der Waals surface area contributed by atoms with E-state index in [1.807, 2.05) is 30.3 Å². The Balaban J connectivity index is 2.14. The zero-order valence-electron chi connectivity index (χ0n) is 11.2. The van der Waals surface area contributed by atoms with E-state index in [1.165, 1.54) is 0 Å². The molecule has 0 saturated carbocycles. The number of hydrogen-bond donors (Lipinski definition) is 1. The number of rotatable bonds is 6. The largest absolute Gasteiger partial charge is 0.240 e. The van der Waals surface area contributed by atoms with Gasteiger partial charge in [0.1, 0.15) is 0 Å². The second kappa shape index (κ2) is 7.40. The van der Waals surface area contributed by atoms with Gasteiger partial charge in [0.05, 0.1) is 4.90 Å². The van der Waals surface area contributed by atoms with Gasteiger partial charge in [-0.3, -0.25) is 0 Å². The molecule has 1 unspecified atom stereocenters. The van der Waals surface area contributed by atoms with Crippen molar-refractivity contribution >= 4 is 37.6 Å². The van der Waals surface area contributed by atoms with Gasteiger partial charge < -0.3 is 0 Å². The average Bonchev–Trinajstić information content (AvgIpc) is 2.47. The third kappa shape index (κ3) is 4.81. The third-order valence-corrected chi connectivity index (χ3v) is 5.32. The highest BCUT2D eigenvalue weighted by atomic mass is 79.9. The molecule has 21 heavy (non-hydrogen) atoms. The molecule has 0 aliphatic rings. The van der Waals surface area contributed by atoms with Gasteiger partial charge in [0.15, 0.2) is 0 Å². The highest BCUT2D eigenvalue weighted by Crippen LogP contribution is 2.17. The predicted molar refractivity (Wildman–Crippen MR) is 89.1 cm³/mol. The summed E-state index contributed by atoms with van der Waals surface area (Å²) in [6.45, 7) is 0. The van der Waals surface area contributed by atoms with E-state index in [2.05, 4.69) is 20.7 Å². The van der Waals surface area contributed by atoms with Crippen LogP contribution in [0.3, 0.4) is 0 Å². The van der Waals surface area contributed by atoms with Crippen LogP contribution in [0.5, 0.6) is 0 Å². The van der Waals surface area contributed by atoms with Crippen LogP contribution in [0.4, 0.5) is 0 Å². The van der Waals surface area contributed by atoms with Gasteiger partial charge in [0, 0.05) is 16.4 Å². The maximum absolute atomic E-state index is 12.4. The van der Waals surface area contributed by atoms with Crippen LogP contribution in [0.1, 0.15) is 5.56 Å². The van der Waals surface area contributed by atoms with Gasteiger partial charge in [-0.15, -0.1) is 11.6 Å². The number of sulfonamides is 1. The van der Waals surface area contributed by atoms with Crippen molar-refractivity contribution in [3.63, 3.8) is 0 Å². The van der Waals surface area contributed by atoms with Gasteiger partial charge >= 0.3 is 0 Å². The van der Waals surface area contributed by atoms with Crippen LogP contribution in [-0.4, -0.2) is 20.3 Å². The van der Waals surface area contributed by atoms with Gasteiger partial charge in [0.25, 0.3) is 0 Å². The SMILES string of the molecule is O=S(=O)(NC(CCl)Cc1ccccc1)c1cccc(Br)c1. The maximum Gasteiger partial charge on any atom is 0.240 e. The lowest BCUT2D eigenvalue weighted by molar-refractivity contribution is 0.561. The molecule has 0 heterocycles. The summed E-state index contributed by atoms with van der Waals surface area (Å²) < 4.78 is 28.1. The quantitative estimate of drug-likeness (QED) is 0.769. The second-order valence-corrected chi connectivity index (χ2v) is 7.56. The first-order chi connectivity index (χ1) is 10.0. The Labute approximate surface area is 138 Å². The van der Waals surface area contributed by atoms with E-state index in [4.69, 9.17) is 11.6 Å². The Morgan fingerprint density at radius 3 is 2.43 bits per heavy atom. The van der Waals surface area contributed by atoms with E-state index in [1.54, 1.807) is 24.3 Å². The lowest BCUT2D eigenvalue weighted by Gasteiger charge is -2.16. The highest BCUT2D eigenvalue weighted by Gasteiger charge is 2.20. The fraction of sp³-hybridized carbons (Fsp3) is 0.200. The van der Waals surface area contributed by atoms with Gasteiger partial charge in [-0.1, -0.05) is 52.3 Å². The monoisotopic (exact) mass is 387 g/mol. The van der Waals surface area contributed by atoms with E-state index < -0.39 is 10.0 Å². The standard InChI is InChI=1S/C15H15BrClNO2S/c16-13-7-4-8-15(10-13)21(19,20)18-14(11-17)9-12-5-2-1-3-6-12/h1-8,10,14,18H,9,11H2. The van der Waals surface area contributed by atoms with Crippen LogP contribution in [-0.2, 0) is 16.4 Å². The number of nitrogens with one attached hydrogen (secondary N) is 1. The van der Waals surface area contributed by atoms with Crippen molar-refractivity contribution < 1.29 is 8.42 Å². The molecule has 0 fully saturated rings. The summed E-state index contributed by atoms with van der Waals surface area (Å²) in [5, 5.41) is 0. The van der Waals surface area contributed by atoms with Crippen LogP contribution in [0.2, 0.25) is 0 Å². The number of alkyl halides is 1. The van der Waals surface area contributed by atoms with Crippen molar-refractivity contribution in [1.29, 1.82) is 0 Å². The molecule has 0 saturated heterocycles. The summed E-state index contributed by atoms with van der Waals surface area (Å²) >= 11 is 9.18. The second-order valence-electron chi connectivity index (χ2n) is 4.62. The van der Waals surface area contributed by atoms with Crippen molar-refractivity contribution in [3.05, 3.63) is 64.6 Å². The Hall–Kier alpha value is -0.880. The molecule has 2 aromatic carbocycles. The average molecular weight is 389 g/mol. The molecule has 3 nitrogen and oxygen atoms in total. The van der Waals surface area contributed by atoms with Gasteiger partial charge in [-0.25, -0.2) is 13.1 Å². The molecular weight excluding hydrogens is 374 g/mol. The van der Waals surface area contributed by atoms with Gasteiger partial charge in [-0.05, 0) is 30.2 Å². The zero-order chi connectivity index (χ0) is 15.3. The van der Waals surface area contributed by atoms with Crippen molar-refractivity contribution in [3.8, 4) is 0 Å². The van der Waals surface area contributed by atoms with Crippen LogP contribution in [0, 0.1) is 0 Å². The Morgan fingerprint density at radius 1 is 1.10 bits per heavy atom. The highest BCUT2D eigenvalue weighted by molar-refractivity contribution is 9.10. The molecule has 6 heteroatoms. The van der Waals surface area contributed by atoms with E-state index in [9.17, 15) is 8.42 Å². The molecule has 0 amide bonds. The van der Waals surface area contributed by atoms with Gasteiger partial charge in [0.2, 0.25) is 10.0 Å². The molecule has 0 aliphatic carbocycles. The zero-order valence-corrected chi connectivity index (χ0v) is 14.3. The lowest BCUT2D eigenvalue weighted by atomic mass is 10.1. The van der Waals surface area contributed by atoms with Crippen LogP contribution < -0.4 is 4.72 Å². The number of hydrogen-bond acceptors (Lipinski definition) is 2. The lowest BCUT2D eigenvalue weighted by Crippen LogP contribution is -2.37. The molecule has 112 valence electrons. The first kappa shape index (κ1) is 16.5. The van der Waals surface area contributed by atoms with Crippen molar-refractivity contribution in [2.24, 2.45) is 0 Å². The summed E-state index contributed by atoms with van der Waals surface area (Å²) in [5.74, 6) is 0.210. The molecule has 0 aromatic heterocycles. The minimum Gasteiger partial charge on any atom is -0.207 e. The Bertz CT molecular complexity index is 692. The third-order valence-electron chi connectivity index (χ3n) is 2.94. The molecular formula is C15H15BrClNO2S. The molecule has 0 aliphatic heterocycles. The van der Waals surface area contributed by atoms with E-state index >= 15 is 0 Å². The van der Waals surface area contributed by atoms with Crippen molar-refractivity contribution in [1.82, 2.24) is 4.72 Å². The van der Waals surface area contributed by atoms with Crippen molar-refractivity contribution in [2.45, 2.75) is 17.4 Å². The molecule has 0 bridgehead atoms. The molecule has 0 radical (unpaired) electrons. The number of halogens is 2. The van der Waals surface area contributed by atoms with Crippen LogP contribution in [0.25, 0.3) is 0 Å². The van der Waals surface area contributed by atoms with E-state index in [0.29, 0.717) is 6.42 Å². The normalized spacial score (nSPS) is 13.0. The number of benzene rings is 2. The fourth-order valence-corrected chi connectivity index (χ4v) is 4.06. The van der Waals surface area contributed by atoms with Crippen LogP contribution in [0.15, 0.2) is 64.0 Å². The summed E-state index contributed by atoms with van der Waals surface area (Å²) in [6, 6.07) is 15.9. The Morgan fingerprint density at radius 2 is 1.81 bits per heavy atom.